The van der Waals surface area contributed by atoms with Crippen LogP contribution in [0.1, 0.15) is 42.5 Å². The minimum atomic E-state index is -1.24. The third-order valence-electron chi connectivity index (χ3n) is 5.13. The van der Waals surface area contributed by atoms with Gasteiger partial charge in [0.15, 0.2) is 0 Å². The number of aryl methyl sites for hydroxylation is 2. The Hall–Kier alpha value is 0.501. The Labute approximate surface area is 186 Å². The maximum absolute atomic E-state index is 2.51. The molecule has 0 aromatic heterocycles. The van der Waals surface area contributed by atoms with Crippen LogP contribution in [0.5, 0.6) is 0 Å². The molecular formula is C20H29Cl3SiTi. The molecule has 0 fully saturated rings. The molecule has 0 nitrogen and oxygen atoms in total. The van der Waals surface area contributed by atoms with E-state index >= 15 is 0 Å². The summed E-state index contributed by atoms with van der Waals surface area (Å²) in [5.41, 5.74) is 7.49. The van der Waals surface area contributed by atoms with Crippen LogP contribution in [0.4, 0.5) is 0 Å². The summed E-state index contributed by atoms with van der Waals surface area (Å²) in [4.78, 5) is 0. The SMILES string of the molecule is Cc1cc(C)c(C)c(C(C)(C)C2=[C]([Ti+3])C([Si](C)(C)C)=CC2)c1.[Cl-].[Cl-].[Cl-]. The van der Waals surface area contributed by atoms with Crippen LogP contribution in [0, 0.1) is 20.8 Å². The van der Waals surface area contributed by atoms with Crippen LogP contribution in [0.15, 0.2) is 32.9 Å². The Kier molecular flexibility index (Phi) is 10.7. The van der Waals surface area contributed by atoms with Crippen molar-refractivity contribution in [2.24, 2.45) is 0 Å². The van der Waals surface area contributed by atoms with Crippen LogP contribution >= 0.6 is 0 Å². The summed E-state index contributed by atoms with van der Waals surface area (Å²) in [5.74, 6) is 0. The third-order valence-corrected chi connectivity index (χ3v) is 8.48. The summed E-state index contributed by atoms with van der Waals surface area (Å²) >= 11 is 2.35. The molecule has 0 heterocycles. The average Bonchev–Trinajstić information content (AvgIpc) is 2.75. The van der Waals surface area contributed by atoms with Crippen molar-refractivity contribution in [3.8, 4) is 0 Å². The minimum absolute atomic E-state index is 0. The van der Waals surface area contributed by atoms with Gasteiger partial charge in [0, 0.05) is 0 Å². The van der Waals surface area contributed by atoms with Gasteiger partial charge in [-0.15, -0.1) is 0 Å². The fourth-order valence-electron chi connectivity index (χ4n) is 3.67. The van der Waals surface area contributed by atoms with Crippen molar-refractivity contribution in [2.45, 2.75) is 66.1 Å². The molecule has 0 amide bonds. The Morgan fingerprint density at radius 1 is 0.960 bits per heavy atom. The van der Waals surface area contributed by atoms with Gasteiger partial charge in [-0.25, -0.2) is 0 Å². The number of hydrogen-bond donors (Lipinski definition) is 0. The Balaban J connectivity index is 0. The van der Waals surface area contributed by atoms with E-state index in [1.807, 2.05) is 0 Å². The molecule has 0 radical (unpaired) electrons. The molecule has 2 rings (SSSR count). The van der Waals surface area contributed by atoms with E-state index in [1.54, 1.807) is 14.6 Å². The van der Waals surface area contributed by atoms with E-state index in [4.69, 9.17) is 0 Å². The van der Waals surface area contributed by atoms with E-state index in [2.05, 4.69) is 92.9 Å². The standard InChI is InChI=1S/C20H29Si.3ClH.Ti/c1-14-11-15(2)16(3)19(12-14)20(4,5)17-9-10-18(13-17)21(6,7)8;;;;/h10-12H,9H2,1-8H3;3*1H;/q;;;;+3/p-3. The molecule has 0 bridgehead atoms. The van der Waals surface area contributed by atoms with Crippen LogP contribution in [-0.4, -0.2) is 8.07 Å². The van der Waals surface area contributed by atoms with Gasteiger partial charge in [0.05, 0.1) is 0 Å². The minimum Gasteiger partial charge on any atom is -1.00 e. The molecule has 1 aromatic rings. The Morgan fingerprint density at radius 2 is 1.48 bits per heavy atom. The fraction of sp³-hybridized carbons (Fsp3) is 0.500. The van der Waals surface area contributed by atoms with Gasteiger partial charge in [-0.2, -0.15) is 0 Å². The van der Waals surface area contributed by atoms with E-state index in [0.29, 0.717) is 0 Å². The second kappa shape index (κ2) is 9.62. The number of rotatable bonds is 3. The molecule has 5 heteroatoms. The first kappa shape index (κ1) is 27.7. The summed E-state index contributed by atoms with van der Waals surface area (Å²) in [6.07, 6.45) is 3.64. The normalized spacial score (nSPS) is 14.4. The molecule has 0 atom stereocenters. The molecule has 0 unspecified atom stereocenters. The number of hydrogen-bond acceptors (Lipinski definition) is 0. The predicted octanol–water partition coefficient (Wildman–Crippen LogP) is -3.09. The van der Waals surface area contributed by atoms with Crippen LogP contribution in [0.2, 0.25) is 19.6 Å². The second-order valence-corrected chi connectivity index (χ2v) is 14.1. The van der Waals surface area contributed by atoms with E-state index in [1.165, 1.54) is 22.3 Å². The average molecular weight is 452 g/mol. The fourth-order valence-corrected chi connectivity index (χ4v) is 7.85. The summed E-state index contributed by atoms with van der Waals surface area (Å²) < 4.78 is 1.57. The first-order valence-electron chi connectivity index (χ1n) is 8.21. The second-order valence-electron chi connectivity index (χ2n) is 8.30. The largest absolute Gasteiger partial charge is 1.00 e. The van der Waals surface area contributed by atoms with Crippen LogP contribution in [-0.2, 0) is 25.9 Å². The zero-order chi connectivity index (χ0) is 16.9. The van der Waals surface area contributed by atoms with E-state index in [0.717, 1.165) is 6.42 Å². The van der Waals surface area contributed by atoms with Crippen molar-refractivity contribution in [3.63, 3.8) is 0 Å². The monoisotopic (exact) mass is 450 g/mol. The molecular weight excluding hydrogens is 423 g/mol. The number of benzene rings is 1. The molecule has 0 spiro atoms. The quantitative estimate of drug-likeness (QED) is 0.428. The molecule has 1 aliphatic rings. The first-order valence-corrected chi connectivity index (χ1v) is 12.5. The van der Waals surface area contributed by atoms with Gasteiger partial charge in [-0.05, 0) is 0 Å². The van der Waals surface area contributed by atoms with Crippen molar-refractivity contribution >= 4 is 8.07 Å². The van der Waals surface area contributed by atoms with Crippen molar-refractivity contribution in [2.75, 3.05) is 0 Å². The smallest absolute Gasteiger partial charge is 1.00 e. The van der Waals surface area contributed by atoms with E-state index < -0.39 is 8.07 Å². The van der Waals surface area contributed by atoms with Crippen LogP contribution in [0.3, 0.4) is 0 Å². The van der Waals surface area contributed by atoms with Crippen molar-refractivity contribution < 1.29 is 57.7 Å². The summed E-state index contributed by atoms with van der Waals surface area (Å²) in [6.45, 7) is 18.9. The molecule has 25 heavy (non-hydrogen) atoms. The maximum atomic E-state index is 2.51. The molecule has 0 saturated carbocycles. The molecule has 1 aliphatic carbocycles. The van der Waals surface area contributed by atoms with Gasteiger partial charge in [0.1, 0.15) is 0 Å². The molecule has 0 saturated heterocycles. The van der Waals surface area contributed by atoms with Crippen LogP contribution in [0.25, 0.3) is 0 Å². The predicted molar refractivity (Wildman–Crippen MR) is 96.8 cm³/mol. The number of allylic oxidation sites excluding steroid dienone is 4. The van der Waals surface area contributed by atoms with Gasteiger partial charge in [0.25, 0.3) is 0 Å². The Bertz CT molecular complexity index is 683. The van der Waals surface area contributed by atoms with Gasteiger partial charge >= 0.3 is 150 Å². The van der Waals surface area contributed by atoms with Crippen molar-refractivity contribution in [3.05, 3.63) is 55.1 Å². The molecule has 1 aromatic carbocycles. The molecule has 0 aliphatic heterocycles. The summed E-state index contributed by atoms with van der Waals surface area (Å²) in [5, 5.41) is 1.66. The first-order chi connectivity index (χ1) is 9.96. The van der Waals surface area contributed by atoms with Gasteiger partial charge < -0.3 is 37.2 Å². The Morgan fingerprint density at radius 3 is 1.92 bits per heavy atom. The third kappa shape index (κ3) is 5.50. The van der Waals surface area contributed by atoms with Gasteiger partial charge in [-0.1, -0.05) is 0 Å². The molecule has 138 valence electrons. The number of halogens is 3. The van der Waals surface area contributed by atoms with Gasteiger partial charge in [0.2, 0.25) is 0 Å². The van der Waals surface area contributed by atoms with Crippen molar-refractivity contribution in [1.29, 1.82) is 0 Å². The zero-order valence-corrected chi connectivity index (χ0v) is 21.4. The van der Waals surface area contributed by atoms with Crippen molar-refractivity contribution in [1.82, 2.24) is 0 Å². The summed E-state index contributed by atoms with van der Waals surface area (Å²) in [7, 11) is -1.24. The van der Waals surface area contributed by atoms with E-state index in [9.17, 15) is 0 Å². The maximum Gasteiger partial charge on any atom is -1.00 e. The van der Waals surface area contributed by atoms with Crippen LogP contribution < -0.4 is 37.2 Å². The van der Waals surface area contributed by atoms with Gasteiger partial charge in [-0.3, -0.25) is 0 Å². The molecule has 0 N–H and O–H groups in total. The summed E-state index contributed by atoms with van der Waals surface area (Å²) in [6, 6.07) is 4.70. The van der Waals surface area contributed by atoms with E-state index in [-0.39, 0.29) is 42.6 Å². The topological polar surface area (TPSA) is 0 Å². The zero-order valence-electron chi connectivity index (χ0n) is 16.6.